The lowest BCUT2D eigenvalue weighted by Crippen LogP contribution is -2.41. The van der Waals surface area contributed by atoms with E-state index in [9.17, 15) is 14.0 Å². The van der Waals surface area contributed by atoms with Crippen LogP contribution in [0.15, 0.2) is 48.7 Å². The molecule has 0 spiro atoms. The molecule has 2 aromatic carbocycles. The van der Waals surface area contributed by atoms with Crippen LogP contribution in [-0.4, -0.2) is 42.4 Å². The second-order valence-corrected chi connectivity index (χ2v) is 7.39. The third-order valence-corrected chi connectivity index (χ3v) is 5.49. The monoisotopic (exact) mass is 438 g/mol. The number of fused-ring (bicyclic) bond motifs is 1. The van der Waals surface area contributed by atoms with E-state index in [0.717, 1.165) is 0 Å². The number of hydrogen-bond donors (Lipinski definition) is 1. The lowest BCUT2D eigenvalue weighted by Gasteiger charge is -2.32. The van der Waals surface area contributed by atoms with Crippen LogP contribution in [0, 0.1) is 5.82 Å². The fraction of sp³-hybridized carbons (Fsp3) is 0.261. The number of aromatic nitrogens is 2. The molecule has 1 unspecified atom stereocenters. The fourth-order valence-corrected chi connectivity index (χ4v) is 3.91. The number of methoxy groups -OCH3 is 2. The van der Waals surface area contributed by atoms with Gasteiger partial charge in [-0.25, -0.2) is 4.39 Å². The highest BCUT2D eigenvalue weighted by molar-refractivity contribution is 6.07. The summed E-state index contributed by atoms with van der Waals surface area (Å²) < 4.78 is 25.7. The molecule has 4 rings (SSSR count). The first-order chi connectivity index (χ1) is 15.4. The average Bonchev–Trinajstić information content (AvgIpc) is 3.20. The number of rotatable bonds is 5. The quantitative estimate of drug-likeness (QED) is 0.662. The Balaban J connectivity index is 1.60. The minimum Gasteiger partial charge on any atom is -0.493 e. The lowest BCUT2D eigenvalue weighted by atomic mass is 10.0. The molecular formula is C23H23FN4O4. The van der Waals surface area contributed by atoms with Gasteiger partial charge in [0.05, 0.1) is 37.8 Å². The first-order valence-corrected chi connectivity index (χ1v) is 10.0. The van der Waals surface area contributed by atoms with Crippen molar-refractivity contribution in [1.82, 2.24) is 15.1 Å². The number of amides is 2. The summed E-state index contributed by atoms with van der Waals surface area (Å²) in [6.07, 6.45) is 2.08. The zero-order valence-corrected chi connectivity index (χ0v) is 18.0. The Kier molecular flexibility index (Phi) is 5.81. The van der Waals surface area contributed by atoms with Crippen LogP contribution in [-0.2, 0) is 7.05 Å². The Labute approximate surface area is 184 Å². The van der Waals surface area contributed by atoms with E-state index in [-0.39, 0.29) is 23.4 Å². The van der Waals surface area contributed by atoms with Gasteiger partial charge in [0.1, 0.15) is 5.82 Å². The van der Waals surface area contributed by atoms with Crippen LogP contribution < -0.4 is 19.7 Å². The third kappa shape index (κ3) is 3.89. The van der Waals surface area contributed by atoms with Crippen LogP contribution in [0.3, 0.4) is 0 Å². The zero-order valence-electron chi connectivity index (χ0n) is 18.0. The summed E-state index contributed by atoms with van der Waals surface area (Å²) in [5, 5.41) is 7.23. The van der Waals surface area contributed by atoms with Crippen LogP contribution in [0.2, 0.25) is 0 Å². The molecule has 1 atom stereocenters. The smallest absolute Gasteiger partial charge is 0.258 e. The summed E-state index contributed by atoms with van der Waals surface area (Å²) >= 11 is 0. The molecule has 3 aromatic rings. The highest BCUT2D eigenvalue weighted by atomic mass is 19.1. The molecule has 8 nitrogen and oxygen atoms in total. The summed E-state index contributed by atoms with van der Waals surface area (Å²) in [5.74, 6) is -0.0856. The lowest BCUT2D eigenvalue weighted by molar-refractivity contribution is 0.0931. The molecule has 0 fully saturated rings. The van der Waals surface area contributed by atoms with Gasteiger partial charge in [-0.05, 0) is 42.8 Å². The van der Waals surface area contributed by atoms with Crippen molar-refractivity contribution in [1.29, 1.82) is 0 Å². The number of aryl methyl sites for hydroxylation is 1. The minimum absolute atomic E-state index is 0.213. The minimum atomic E-state index is -0.478. The normalized spacial score (nSPS) is 15.1. The van der Waals surface area contributed by atoms with Crippen molar-refractivity contribution in [3.8, 4) is 11.5 Å². The molecule has 1 aromatic heterocycles. The van der Waals surface area contributed by atoms with Gasteiger partial charge < -0.3 is 19.7 Å². The van der Waals surface area contributed by atoms with E-state index in [1.807, 2.05) is 0 Å². The van der Waals surface area contributed by atoms with Crippen molar-refractivity contribution < 1.29 is 23.5 Å². The second-order valence-electron chi connectivity index (χ2n) is 7.39. The number of hydrogen-bond acceptors (Lipinski definition) is 5. The van der Waals surface area contributed by atoms with Crippen molar-refractivity contribution in [2.75, 3.05) is 25.7 Å². The van der Waals surface area contributed by atoms with E-state index in [0.29, 0.717) is 41.4 Å². The van der Waals surface area contributed by atoms with Gasteiger partial charge in [0.2, 0.25) is 0 Å². The molecule has 1 aliphatic rings. The van der Waals surface area contributed by atoms with E-state index in [4.69, 9.17) is 9.47 Å². The molecule has 0 aliphatic carbocycles. The predicted molar refractivity (Wildman–Crippen MR) is 116 cm³/mol. The molecule has 0 radical (unpaired) electrons. The molecule has 1 N–H and O–H groups in total. The molecule has 0 saturated heterocycles. The van der Waals surface area contributed by atoms with E-state index < -0.39 is 5.82 Å². The molecule has 166 valence electrons. The Bertz CT molecular complexity index is 1180. The fourth-order valence-electron chi connectivity index (χ4n) is 3.91. The van der Waals surface area contributed by atoms with Gasteiger partial charge in [-0.3, -0.25) is 14.3 Å². The van der Waals surface area contributed by atoms with Crippen LogP contribution in [0.5, 0.6) is 11.5 Å². The van der Waals surface area contributed by atoms with E-state index >= 15 is 0 Å². The highest BCUT2D eigenvalue weighted by Crippen LogP contribution is 2.35. The summed E-state index contributed by atoms with van der Waals surface area (Å²) in [7, 11) is 4.80. The maximum atomic E-state index is 13.5. The largest absolute Gasteiger partial charge is 0.493 e. The number of carbonyl (C=O) groups is 2. The maximum absolute atomic E-state index is 13.5. The number of halogens is 1. The first kappa shape index (κ1) is 21.4. The number of anilines is 1. The summed E-state index contributed by atoms with van der Waals surface area (Å²) in [6.45, 7) is 0.375. The van der Waals surface area contributed by atoms with Gasteiger partial charge in [-0.15, -0.1) is 0 Å². The Hall–Kier alpha value is -3.88. The van der Waals surface area contributed by atoms with E-state index in [1.165, 1.54) is 32.4 Å². The third-order valence-electron chi connectivity index (χ3n) is 5.49. The maximum Gasteiger partial charge on any atom is 0.258 e. The Morgan fingerprint density at radius 2 is 1.88 bits per heavy atom. The number of ether oxygens (including phenoxy) is 2. The Morgan fingerprint density at radius 1 is 1.09 bits per heavy atom. The number of nitrogens with one attached hydrogen (secondary N) is 1. The van der Waals surface area contributed by atoms with Crippen molar-refractivity contribution in [2.24, 2.45) is 7.05 Å². The van der Waals surface area contributed by atoms with Gasteiger partial charge in [0, 0.05) is 24.7 Å². The Morgan fingerprint density at radius 3 is 2.59 bits per heavy atom. The van der Waals surface area contributed by atoms with Gasteiger partial charge in [-0.1, -0.05) is 6.07 Å². The summed E-state index contributed by atoms with van der Waals surface area (Å²) in [4.78, 5) is 27.6. The molecule has 2 heterocycles. The number of benzene rings is 2. The van der Waals surface area contributed by atoms with Gasteiger partial charge in [-0.2, -0.15) is 5.10 Å². The van der Waals surface area contributed by atoms with Gasteiger partial charge in [0.25, 0.3) is 11.8 Å². The van der Waals surface area contributed by atoms with Crippen molar-refractivity contribution in [3.05, 3.63) is 71.3 Å². The molecule has 2 amide bonds. The summed E-state index contributed by atoms with van der Waals surface area (Å²) in [5.41, 5.74) is 2.00. The zero-order chi connectivity index (χ0) is 22.8. The number of nitrogens with zero attached hydrogens (tertiary/aromatic N) is 3. The van der Waals surface area contributed by atoms with Crippen LogP contribution in [0.4, 0.5) is 10.1 Å². The SMILES string of the molecule is COc1ccc(C(=O)N2CCC(NC(=O)c3cccc(F)c3)c3c2cnn3C)cc1OC. The highest BCUT2D eigenvalue weighted by Gasteiger charge is 2.33. The van der Waals surface area contributed by atoms with Crippen molar-refractivity contribution in [2.45, 2.75) is 12.5 Å². The number of carbonyl (C=O) groups excluding carboxylic acids is 2. The second kappa shape index (κ2) is 8.70. The standard InChI is InChI=1S/C23H23FN4O4/c1-27-21-17(26-22(29)14-5-4-6-16(24)11-14)9-10-28(18(21)13-25-27)23(30)15-7-8-19(31-2)20(12-15)32-3/h4-8,11-13,17H,9-10H2,1-3H3,(H,26,29). The molecule has 0 bridgehead atoms. The topological polar surface area (TPSA) is 85.7 Å². The van der Waals surface area contributed by atoms with Crippen molar-refractivity contribution >= 4 is 17.5 Å². The van der Waals surface area contributed by atoms with Crippen LogP contribution in [0.1, 0.15) is 38.9 Å². The molecule has 9 heteroatoms. The van der Waals surface area contributed by atoms with Gasteiger partial charge in [0.15, 0.2) is 11.5 Å². The molecular weight excluding hydrogens is 415 g/mol. The van der Waals surface area contributed by atoms with Crippen LogP contribution >= 0.6 is 0 Å². The van der Waals surface area contributed by atoms with E-state index in [1.54, 1.807) is 47.1 Å². The molecule has 1 aliphatic heterocycles. The van der Waals surface area contributed by atoms with E-state index in [2.05, 4.69) is 10.4 Å². The molecule has 0 saturated carbocycles. The summed E-state index contributed by atoms with van der Waals surface area (Å²) in [6, 6.07) is 10.1. The van der Waals surface area contributed by atoms with Crippen molar-refractivity contribution in [3.63, 3.8) is 0 Å². The predicted octanol–water partition coefficient (Wildman–Crippen LogP) is 3.10. The van der Waals surface area contributed by atoms with Crippen LogP contribution in [0.25, 0.3) is 0 Å². The molecule has 32 heavy (non-hydrogen) atoms. The average molecular weight is 438 g/mol. The first-order valence-electron chi connectivity index (χ1n) is 10.0. The van der Waals surface area contributed by atoms with Gasteiger partial charge >= 0.3 is 0 Å².